The minimum atomic E-state index is 0.806. The van der Waals surface area contributed by atoms with Crippen molar-refractivity contribution in [1.29, 1.82) is 0 Å². The molecule has 0 radical (unpaired) electrons. The average Bonchev–Trinajstić information content (AvgIpc) is 2.30. The third-order valence-corrected chi connectivity index (χ3v) is 3.82. The summed E-state index contributed by atoms with van der Waals surface area (Å²) in [4.78, 5) is 5.84. The maximum atomic E-state index is 5.85. The van der Waals surface area contributed by atoms with E-state index in [0.717, 1.165) is 22.7 Å². The Kier molecular flexibility index (Phi) is 3.89. The fraction of sp³-hybridized carbons (Fsp3) is 0.357. The molecular formula is C14H18N2S. The zero-order chi connectivity index (χ0) is 12.3. The number of thioether (sulfide) groups is 1. The minimum Gasteiger partial charge on any atom is -0.399 e. The fourth-order valence-electron chi connectivity index (χ4n) is 1.78. The molecule has 0 saturated carbocycles. The Morgan fingerprint density at radius 1 is 1.29 bits per heavy atom. The predicted molar refractivity (Wildman–Crippen MR) is 76.5 cm³/mol. The van der Waals surface area contributed by atoms with Gasteiger partial charge in [-0.3, -0.25) is 4.98 Å². The standard InChI is InChI=1S/C14H18N2S/c1-3-4-7-17-14-8-10(2)16-13-6-5-11(15)9-12(13)14/h5-6,8-9H,3-4,7,15H2,1-2H3. The van der Waals surface area contributed by atoms with Gasteiger partial charge in [0, 0.05) is 21.7 Å². The average molecular weight is 246 g/mol. The summed E-state index contributed by atoms with van der Waals surface area (Å²) in [6.45, 7) is 4.26. The maximum absolute atomic E-state index is 5.85. The molecule has 17 heavy (non-hydrogen) atoms. The molecule has 1 aromatic carbocycles. The van der Waals surface area contributed by atoms with E-state index in [-0.39, 0.29) is 0 Å². The van der Waals surface area contributed by atoms with Crippen LogP contribution < -0.4 is 5.73 Å². The summed E-state index contributed by atoms with van der Waals surface area (Å²) in [6.07, 6.45) is 2.48. The van der Waals surface area contributed by atoms with Gasteiger partial charge in [-0.25, -0.2) is 0 Å². The van der Waals surface area contributed by atoms with Crippen molar-refractivity contribution < 1.29 is 0 Å². The number of hydrogen-bond acceptors (Lipinski definition) is 3. The molecule has 0 aliphatic carbocycles. The van der Waals surface area contributed by atoms with Gasteiger partial charge < -0.3 is 5.73 Å². The normalized spacial score (nSPS) is 10.9. The van der Waals surface area contributed by atoms with Gasteiger partial charge in [-0.2, -0.15) is 0 Å². The molecule has 2 rings (SSSR count). The van der Waals surface area contributed by atoms with Crippen LogP contribution in [0.3, 0.4) is 0 Å². The molecule has 0 fully saturated rings. The highest BCUT2D eigenvalue weighted by Crippen LogP contribution is 2.29. The third-order valence-electron chi connectivity index (χ3n) is 2.68. The Morgan fingerprint density at radius 3 is 2.88 bits per heavy atom. The number of hydrogen-bond donors (Lipinski definition) is 1. The molecule has 3 heteroatoms. The number of anilines is 1. The first-order valence-electron chi connectivity index (χ1n) is 6.00. The van der Waals surface area contributed by atoms with Crippen LogP contribution in [0, 0.1) is 6.92 Å². The van der Waals surface area contributed by atoms with Crippen LogP contribution in [0.2, 0.25) is 0 Å². The zero-order valence-corrected chi connectivity index (χ0v) is 11.2. The van der Waals surface area contributed by atoms with E-state index in [2.05, 4.69) is 18.0 Å². The first-order chi connectivity index (χ1) is 8.20. The highest BCUT2D eigenvalue weighted by atomic mass is 32.2. The highest BCUT2D eigenvalue weighted by Gasteiger charge is 2.05. The molecule has 2 nitrogen and oxygen atoms in total. The molecule has 2 N–H and O–H groups in total. The van der Waals surface area contributed by atoms with E-state index < -0.39 is 0 Å². The first kappa shape index (κ1) is 12.2. The van der Waals surface area contributed by atoms with E-state index in [9.17, 15) is 0 Å². The second kappa shape index (κ2) is 5.41. The number of benzene rings is 1. The molecule has 0 atom stereocenters. The topological polar surface area (TPSA) is 38.9 Å². The van der Waals surface area contributed by atoms with Gasteiger partial charge in [0.2, 0.25) is 0 Å². The number of nitrogens with zero attached hydrogens (tertiary/aromatic N) is 1. The summed E-state index contributed by atoms with van der Waals surface area (Å²) in [5.41, 5.74) is 8.77. The van der Waals surface area contributed by atoms with Gasteiger partial charge in [-0.15, -0.1) is 11.8 Å². The lowest BCUT2D eigenvalue weighted by Crippen LogP contribution is -1.90. The van der Waals surface area contributed by atoms with Crippen molar-refractivity contribution in [2.24, 2.45) is 0 Å². The Morgan fingerprint density at radius 2 is 2.12 bits per heavy atom. The van der Waals surface area contributed by atoms with E-state index in [1.54, 1.807) is 0 Å². The van der Waals surface area contributed by atoms with Gasteiger partial charge in [0.05, 0.1) is 5.52 Å². The molecule has 0 amide bonds. The van der Waals surface area contributed by atoms with Crippen molar-refractivity contribution in [3.05, 3.63) is 30.0 Å². The van der Waals surface area contributed by atoms with E-state index in [4.69, 9.17) is 5.73 Å². The molecule has 0 unspecified atom stereocenters. The fourth-order valence-corrected chi connectivity index (χ4v) is 3.01. The van der Waals surface area contributed by atoms with E-state index in [0.29, 0.717) is 0 Å². The van der Waals surface area contributed by atoms with Crippen LogP contribution in [0.1, 0.15) is 25.5 Å². The molecule has 0 aliphatic heterocycles. The monoisotopic (exact) mass is 246 g/mol. The molecular weight excluding hydrogens is 228 g/mol. The zero-order valence-electron chi connectivity index (χ0n) is 10.4. The number of pyridine rings is 1. The van der Waals surface area contributed by atoms with Crippen molar-refractivity contribution in [3.63, 3.8) is 0 Å². The lowest BCUT2D eigenvalue weighted by molar-refractivity contribution is 0.896. The molecule has 1 aromatic heterocycles. The number of aryl methyl sites for hydroxylation is 1. The molecule has 90 valence electrons. The molecule has 0 saturated heterocycles. The summed E-state index contributed by atoms with van der Waals surface area (Å²) < 4.78 is 0. The largest absolute Gasteiger partial charge is 0.399 e. The Hall–Kier alpha value is -1.22. The number of aromatic nitrogens is 1. The molecule has 0 bridgehead atoms. The summed E-state index contributed by atoms with van der Waals surface area (Å²) in [7, 11) is 0. The van der Waals surface area contributed by atoms with E-state index >= 15 is 0 Å². The summed E-state index contributed by atoms with van der Waals surface area (Å²) in [5.74, 6) is 1.16. The van der Waals surface area contributed by atoms with Gasteiger partial charge in [0.25, 0.3) is 0 Å². The first-order valence-corrected chi connectivity index (χ1v) is 6.99. The van der Waals surface area contributed by atoms with Gasteiger partial charge in [-0.05, 0) is 43.4 Å². The third kappa shape index (κ3) is 2.91. The number of fused-ring (bicyclic) bond motifs is 1. The van der Waals surface area contributed by atoms with Crippen molar-refractivity contribution in [3.8, 4) is 0 Å². The van der Waals surface area contributed by atoms with Crippen molar-refractivity contribution in [1.82, 2.24) is 4.98 Å². The van der Waals surface area contributed by atoms with Crippen LogP contribution in [-0.4, -0.2) is 10.7 Å². The quantitative estimate of drug-likeness (QED) is 0.503. The van der Waals surface area contributed by atoms with Crippen molar-refractivity contribution in [2.45, 2.75) is 31.6 Å². The van der Waals surface area contributed by atoms with Crippen LogP contribution in [0.5, 0.6) is 0 Å². The van der Waals surface area contributed by atoms with Gasteiger partial charge in [0.15, 0.2) is 0 Å². The van der Waals surface area contributed by atoms with Crippen molar-refractivity contribution >= 4 is 28.4 Å². The predicted octanol–water partition coefficient (Wildman–Crippen LogP) is 4.02. The van der Waals surface area contributed by atoms with Gasteiger partial charge in [-0.1, -0.05) is 13.3 Å². The van der Waals surface area contributed by atoms with Crippen LogP contribution in [0.4, 0.5) is 5.69 Å². The molecule has 0 spiro atoms. The second-order valence-corrected chi connectivity index (χ2v) is 5.38. The van der Waals surface area contributed by atoms with Crippen LogP contribution in [0.15, 0.2) is 29.2 Å². The smallest absolute Gasteiger partial charge is 0.0717 e. The van der Waals surface area contributed by atoms with Crippen LogP contribution >= 0.6 is 11.8 Å². The molecule has 0 aliphatic rings. The number of nitrogen functional groups attached to an aromatic ring is 1. The SMILES string of the molecule is CCCCSc1cc(C)nc2ccc(N)cc12. The summed E-state index contributed by atoms with van der Waals surface area (Å²) >= 11 is 1.90. The molecule has 1 heterocycles. The Labute approximate surface area is 107 Å². The minimum absolute atomic E-state index is 0.806. The molecule has 2 aromatic rings. The van der Waals surface area contributed by atoms with Crippen LogP contribution in [0.25, 0.3) is 10.9 Å². The van der Waals surface area contributed by atoms with Crippen LogP contribution in [-0.2, 0) is 0 Å². The maximum Gasteiger partial charge on any atom is 0.0717 e. The summed E-state index contributed by atoms with van der Waals surface area (Å²) in [5, 5.41) is 1.18. The Balaban J connectivity index is 2.40. The number of rotatable bonds is 4. The second-order valence-electron chi connectivity index (χ2n) is 4.24. The van der Waals surface area contributed by atoms with E-state index in [1.807, 2.05) is 36.9 Å². The lowest BCUT2D eigenvalue weighted by Gasteiger charge is -2.08. The lowest BCUT2D eigenvalue weighted by atomic mass is 10.2. The Bertz CT molecular complexity index is 523. The van der Waals surface area contributed by atoms with Gasteiger partial charge in [0.1, 0.15) is 0 Å². The summed E-state index contributed by atoms with van der Waals surface area (Å²) in [6, 6.07) is 8.09. The van der Waals surface area contributed by atoms with E-state index in [1.165, 1.54) is 23.1 Å². The number of nitrogens with two attached hydrogens (primary N) is 1. The number of unbranched alkanes of at least 4 members (excludes halogenated alkanes) is 1. The highest BCUT2D eigenvalue weighted by molar-refractivity contribution is 7.99. The van der Waals surface area contributed by atoms with Gasteiger partial charge >= 0.3 is 0 Å². The van der Waals surface area contributed by atoms with Crippen molar-refractivity contribution in [2.75, 3.05) is 11.5 Å².